The van der Waals surface area contributed by atoms with Gasteiger partial charge in [-0.15, -0.1) is 10.2 Å². The van der Waals surface area contributed by atoms with Gasteiger partial charge in [0.05, 0.1) is 6.42 Å². The normalized spacial score (nSPS) is 10.9. The lowest BCUT2D eigenvalue weighted by Gasteiger charge is -2.00. The van der Waals surface area contributed by atoms with Gasteiger partial charge in [0.25, 0.3) is 10.8 Å². The van der Waals surface area contributed by atoms with Crippen molar-refractivity contribution in [2.75, 3.05) is 0 Å². The molecule has 2 N–H and O–H groups in total. The van der Waals surface area contributed by atoms with Gasteiger partial charge in [-0.3, -0.25) is 9.78 Å². The molecule has 0 bridgehead atoms. The fraction of sp³-hybridized carbons (Fsp3) is 0.200. The summed E-state index contributed by atoms with van der Waals surface area (Å²) in [6.45, 7) is 1.63. The topological polar surface area (TPSA) is 105 Å². The van der Waals surface area contributed by atoms with Crippen LogP contribution in [0.2, 0.25) is 0 Å². The second-order valence-corrected chi connectivity index (χ2v) is 6.00. The number of nitrogens with one attached hydrogen (secondary N) is 2. The number of aryl methyl sites for hydroxylation is 1. The quantitative estimate of drug-likeness (QED) is 0.681. The minimum absolute atomic E-state index is 0.117. The van der Waals surface area contributed by atoms with Gasteiger partial charge in [0, 0.05) is 17.0 Å². The van der Waals surface area contributed by atoms with Crippen molar-refractivity contribution in [3.05, 3.63) is 73.6 Å². The number of benzene rings is 1. The Kier molecular flexibility index (Phi) is 4.61. The van der Waals surface area contributed by atoms with E-state index in [1.54, 1.807) is 19.1 Å². The van der Waals surface area contributed by atoms with Crippen LogP contribution >= 0.6 is 11.8 Å². The standard InChI is InChI=1S/C15H13FN4O3S/c1-8-11(13(21)18-14(22)17-8)6-12-19-20-15(23-12)24-7-9-3-2-4-10(16)5-9/h2-5H,6-7H2,1H3,(H2,17,18,21,22). The Morgan fingerprint density at radius 2 is 2.08 bits per heavy atom. The molecule has 0 saturated heterocycles. The number of thioether (sulfide) groups is 1. The van der Waals surface area contributed by atoms with E-state index in [0.29, 0.717) is 22.2 Å². The molecule has 2 heterocycles. The molecule has 9 heteroatoms. The lowest BCUT2D eigenvalue weighted by Crippen LogP contribution is -2.27. The van der Waals surface area contributed by atoms with Crippen molar-refractivity contribution in [3.63, 3.8) is 0 Å². The molecule has 1 aromatic carbocycles. The van der Waals surface area contributed by atoms with Crippen molar-refractivity contribution in [2.45, 2.75) is 24.3 Å². The van der Waals surface area contributed by atoms with Gasteiger partial charge in [0.1, 0.15) is 5.82 Å². The molecule has 3 rings (SSSR count). The summed E-state index contributed by atoms with van der Waals surface area (Å²) >= 11 is 1.27. The van der Waals surface area contributed by atoms with E-state index in [1.165, 1.54) is 23.9 Å². The van der Waals surface area contributed by atoms with Crippen LogP contribution in [-0.4, -0.2) is 20.2 Å². The Balaban J connectivity index is 1.70. The molecule has 0 saturated carbocycles. The van der Waals surface area contributed by atoms with E-state index in [4.69, 9.17) is 4.42 Å². The molecular formula is C15H13FN4O3S. The van der Waals surface area contributed by atoms with Crippen LogP contribution in [0, 0.1) is 12.7 Å². The Bertz CT molecular complexity index is 979. The van der Waals surface area contributed by atoms with Gasteiger partial charge >= 0.3 is 5.69 Å². The highest BCUT2D eigenvalue weighted by Gasteiger charge is 2.13. The molecule has 7 nitrogen and oxygen atoms in total. The highest BCUT2D eigenvalue weighted by molar-refractivity contribution is 7.98. The molecule has 3 aromatic rings. The summed E-state index contributed by atoms with van der Waals surface area (Å²) in [5, 5.41) is 8.11. The molecule has 124 valence electrons. The van der Waals surface area contributed by atoms with Crippen molar-refractivity contribution in [1.29, 1.82) is 0 Å². The minimum Gasteiger partial charge on any atom is -0.416 e. The lowest BCUT2D eigenvalue weighted by atomic mass is 10.2. The maximum atomic E-state index is 13.1. The Hall–Kier alpha value is -2.68. The molecule has 0 amide bonds. The summed E-state index contributed by atoms with van der Waals surface area (Å²) in [5.41, 5.74) is 0.574. The van der Waals surface area contributed by atoms with Crippen molar-refractivity contribution >= 4 is 11.8 Å². The first-order valence-corrected chi connectivity index (χ1v) is 8.01. The first-order chi connectivity index (χ1) is 11.5. The summed E-state index contributed by atoms with van der Waals surface area (Å²) in [5.74, 6) is 0.446. The van der Waals surface area contributed by atoms with E-state index >= 15 is 0 Å². The molecule has 0 aliphatic heterocycles. The van der Waals surface area contributed by atoms with Gasteiger partial charge in [0.15, 0.2) is 0 Å². The molecule has 0 spiro atoms. The van der Waals surface area contributed by atoms with Crippen LogP contribution in [0.3, 0.4) is 0 Å². The Morgan fingerprint density at radius 1 is 1.25 bits per heavy atom. The monoisotopic (exact) mass is 348 g/mol. The van der Waals surface area contributed by atoms with Crippen LogP contribution in [0.5, 0.6) is 0 Å². The molecule has 0 aliphatic carbocycles. The second-order valence-electron chi connectivity index (χ2n) is 5.07. The summed E-state index contributed by atoms with van der Waals surface area (Å²) in [4.78, 5) is 27.7. The van der Waals surface area contributed by atoms with E-state index in [1.807, 2.05) is 0 Å². The van der Waals surface area contributed by atoms with Crippen molar-refractivity contribution in [3.8, 4) is 0 Å². The number of rotatable bonds is 5. The summed E-state index contributed by atoms with van der Waals surface area (Å²) in [7, 11) is 0. The van der Waals surface area contributed by atoms with E-state index in [2.05, 4.69) is 20.2 Å². The van der Waals surface area contributed by atoms with Crippen molar-refractivity contribution < 1.29 is 8.81 Å². The number of H-pyrrole nitrogens is 2. The van der Waals surface area contributed by atoms with E-state index in [-0.39, 0.29) is 18.1 Å². The molecule has 0 atom stereocenters. The van der Waals surface area contributed by atoms with Gasteiger partial charge in [-0.2, -0.15) is 0 Å². The molecule has 24 heavy (non-hydrogen) atoms. The maximum absolute atomic E-state index is 13.1. The lowest BCUT2D eigenvalue weighted by molar-refractivity contribution is 0.419. The predicted octanol–water partition coefficient (Wildman–Crippen LogP) is 1.78. The SMILES string of the molecule is Cc1[nH]c(=O)[nH]c(=O)c1Cc1nnc(SCc2cccc(F)c2)o1. The van der Waals surface area contributed by atoms with Crippen LogP contribution < -0.4 is 11.2 Å². The van der Waals surface area contributed by atoms with Crippen molar-refractivity contribution in [1.82, 2.24) is 20.2 Å². The second kappa shape index (κ2) is 6.83. The third-order valence-electron chi connectivity index (χ3n) is 3.28. The smallest absolute Gasteiger partial charge is 0.325 e. The zero-order valence-corrected chi connectivity index (χ0v) is 13.4. The average molecular weight is 348 g/mol. The van der Waals surface area contributed by atoms with Crippen LogP contribution in [0.25, 0.3) is 0 Å². The van der Waals surface area contributed by atoms with Crippen LogP contribution in [-0.2, 0) is 12.2 Å². The van der Waals surface area contributed by atoms with E-state index in [9.17, 15) is 14.0 Å². The number of hydrogen-bond acceptors (Lipinski definition) is 6. The number of aromatic amines is 2. The first-order valence-electron chi connectivity index (χ1n) is 7.03. The largest absolute Gasteiger partial charge is 0.416 e. The van der Waals surface area contributed by atoms with Gasteiger partial charge in [0.2, 0.25) is 5.89 Å². The number of halogens is 1. The Labute approximate surface area is 139 Å². The van der Waals surface area contributed by atoms with Gasteiger partial charge in [-0.1, -0.05) is 23.9 Å². The van der Waals surface area contributed by atoms with Crippen molar-refractivity contribution in [2.24, 2.45) is 0 Å². The minimum atomic E-state index is -0.557. The van der Waals surface area contributed by atoms with Crippen LogP contribution in [0.4, 0.5) is 4.39 Å². The average Bonchev–Trinajstić information content (AvgIpc) is 2.97. The molecule has 2 aromatic heterocycles. The molecular weight excluding hydrogens is 335 g/mol. The summed E-state index contributed by atoms with van der Waals surface area (Å²) < 4.78 is 18.6. The highest BCUT2D eigenvalue weighted by Crippen LogP contribution is 2.22. The molecule has 0 radical (unpaired) electrons. The third kappa shape index (κ3) is 3.80. The third-order valence-corrected chi connectivity index (χ3v) is 4.17. The first kappa shape index (κ1) is 16.2. The number of nitrogens with zero attached hydrogens (tertiary/aromatic N) is 2. The molecule has 0 fully saturated rings. The summed E-state index contributed by atoms with van der Waals surface area (Å²) in [6, 6.07) is 6.25. The Morgan fingerprint density at radius 3 is 2.83 bits per heavy atom. The van der Waals surface area contributed by atoms with Gasteiger partial charge in [-0.25, -0.2) is 9.18 Å². The van der Waals surface area contributed by atoms with E-state index in [0.717, 1.165) is 5.56 Å². The van der Waals surface area contributed by atoms with Crippen LogP contribution in [0.1, 0.15) is 22.7 Å². The number of aromatic nitrogens is 4. The maximum Gasteiger partial charge on any atom is 0.325 e. The number of hydrogen-bond donors (Lipinski definition) is 2. The van der Waals surface area contributed by atoms with Gasteiger partial charge in [-0.05, 0) is 24.6 Å². The predicted molar refractivity (Wildman–Crippen MR) is 85.5 cm³/mol. The van der Waals surface area contributed by atoms with E-state index < -0.39 is 11.2 Å². The summed E-state index contributed by atoms with van der Waals surface area (Å²) in [6.07, 6.45) is 0.117. The molecule has 0 aliphatic rings. The van der Waals surface area contributed by atoms with Gasteiger partial charge < -0.3 is 9.40 Å². The fourth-order valence-corrected chi connectivity index (χ4v) is 2.85. The fourth-order valence-electron chi connectivity index (χ4n) is 2.13. The molecule has 0 unspecified atom stereocenters. The van der Waals surface area contributed by atoms with Crippen LogP contribution in [0.15, 0.2) is 43.5 Å². The zero-order valence-electron chi connectivity index (χ0n) is 12.6. The zero-order chi connectivity index (χ0) is 17.1. The highest BCUT2D eigenvalue weighted by atomic mass is 32.2.